The average Bonchev–Trinajstić information content (AvgIpc) is 2.64. The summed E-state index contributed by atoms with van der Waals surface area (Å²) in [4.78, 5) is 15.7. The van der Waals surface area contributed by atoms with Gasteiger partial charge in [-0.3, -0.25) is 9.78 Å². The summed E-state index contributed by atoms with van der Waals surface area (Å²) < 4.78 is 4.85. The van der Waals surface area contributed by atoms with E-state index in [1.54, 1.807) is 31.5 Å². The Morgan fingerprint density at radius 2 is 2.25 bits per heavy atom. The highest BCUT2D eigenvalue weighted by Gasteiger charge is 2.10. The maximum absolute atomic E-state index is 11.8. The highest BCUT2D eigenvalue weighted by molar-refractivity contribution is 6.04. The summed E-state index contributed by atoms with van der Waals surface area (Å²) in [6.45, 7) is 3.59. The Labute approximate surface area is 92.5 Å². The van der Waals surface area contributed by atoms with Gasteiger partial charge in [0, 0.05) is 24.0 Å². The highest BCUT2D eigenvalue weighted by atomic mass is 16.5. The quantitative estimate of drug-likeness (QED) is 0.834. The van der Waals surface area contributed by atoms with Crippen LogP contribution in [0, 0.1) is 13.8 Å². The second-order valence-electron chi connectivity index (χ2n) is 3.47. The van der Waals surface area contributed by atoms with Gasteiger partial charge in [-0.1, -0.05) is 5.16 Å². The molecule has 1 amide bonds. The van der Waals surface area contributed by atoms with E-state index in [1.807, 2.05) is 6.92 Å². The minimum absolute atomic E-state index is 0.215. The number of nitrogens with one attached hydrogen (secondary N) is 1. The molecule has 0 aliphatic carbocycles. The first-order chi connectivity index (χ1) is 7.66. The summed E-state index contributed by atoms with van der Waals surface area (Å²) >= 11 is 0. The zero-order valence-electron chi connectivity index (χ0n) is 9.02. The zero-order valence-corrected chi connectivity index (χ0v) is 9.02. The van der Waals surface area contributed by atoms with Gasteiger partial charge < -0.3 is 9.84 Å². The van der Waals surface area contributed by atoms with Crippen LogP contribution < -0.4 is 5.32 Å². The normalized spacial score (nSPS) is 10.1. The van der Waals surface area contributed by atoms with E-state index in [0.29, 0.717) is 17.1 Å². The van der Waals surface area contributed by atoms with Crippen molar-refractivity contribution in [2.75, 3.05) is 5.32 Å². The fraction of sp³-hybridized carbons (Fsp3) is 0.182. The first-order valence-electron chi connectivity index (χ1n) is 4.82. The summed E-state index contributed by atoms with van der Waals surface area (Å²) in [6, 6.07) is 3.33. The molecule has 0 aliphatic rings. The molecule has 0 aromatic carbocycles. The van der Waals surface area contributed by atoms with Gasteiger partial charge in [-0.15, -0.1) is 0 Å². The molecule has 1 N–H and O–H groups in total. The SMILES string of the molecule is Cc1cc(NC(=O)c2ccncc2C)no1. The lowest BCUT2D eigenvalue weighted by Gasteiger charge is -2.03. The lowest BCUT2D eigenvalue weighted by atomic mass is 10.1. The molecule has 0 saturated heterocycles. The van der Waals surface area contributed by atoms with Crippen molar-refractivity contribution in [3.8, 4) is 0 Å². The van der Waals surface area contributed by atoms with Gasteiger partial charge in [-0.25, -0.2) is 0 Å². The van der Waals surface area contributed by atoms with E-state index in [1.165, 1.54) is 0 Å². The Kier molecular flexibility index (Phi) is 2.68. The predicted molar refractivity (Wildman–Crippen MR) is 58.2 cm³/mol. The van der Waals surface area contributed by atoms with E-state index in [4.69, 9.17) is 4.52 Å². The van der Waals surface area contributed by atoms with E-state index in [-0.39, 0.29) is 5.91 Å². The van der Waals surface area contributed by atoms with Crippen molar-refractivity contribution in [1.82, 2.24) is 10.1 Å². The summed E-state index contributed by atoms with van der Waals surface area (Å²) in [5.41, 5.74) is 1.40. The first kappa shape index (κ1) is 10.4. The summed E-state index contributed by atoms with van der Waals surface area (Å²) in [5.74, 6) is 0.855. The average molecular weight is 217 g/mol. The Bertz CT molecular complexity index is 519. The number of nitrogens with zero attached hydrogens (tertiary/aromatic N) is 2. The second-order valence-corrected chi connectivity index (χ2v) is 3.47. The molecular formula is C11H11N3O2. The number of amides is 1. The molecule has 0 radical (unpaired) electrons. The summed E-state index contributed by atoms with van der Waals surface area (Å²) in [5, 5.41) is 6.34. The van der Waals surface area contributed by atoms with Crippen LogP contribution in [0.15, 0.2) is 29.0 Å². The van der Waals surface area contributed by atoms with Crippen molar-refractivity contribution < 1.29 is 9.32 Å². The third-order valence-electron chi connectivity index (χ3n) is 2.13. The molecule has 2 heterocycles. The van der Waals surface area contributed by atoms with Gasteiger partial charge in [-0.2, -0.15) is 0 Å². The Hall–Kier alpha value is -2.17. The van der Waals surface area contributed by atoms with Gasteiger partial charge in [0.05, 0.1) is 0 Å². The minimum Gasteiger partial charge on any atom is -0.360 e. The van der Waals surface area contributed by atoms with Crippen molar-refractivity contribution in [3.63, 3.8) is 0 Å². The molecule has 2 aromatic rings. The van der Waals surface area contributed by atoms with Crippen molar-refractivity contribution in [2.45, 2.75) is 13.8 Å². The summed E-state index contributed by atoms with van der Waals surface area (Å²) in [6.07, 6.45) is 3.22. The van der Waals surface area contributed by atoms with E-state index in [0.717, 1.165) is 5.56 Å². The van der Waals surface area contributed by atoms with Gasteiger partial charge in [0.1, 0.15) is 5.76 Å². The van der Waals surface area contributed by atoms with E-state index in [9.17, 15) is 4.79 Å². The van der Waals surface area contributed by atoms with Crippen molar-refractivity contribution in [3.05, 3.63) is 41.4 Å². The van der Waals surface area contributed by atoms with Gasteiger partial charge in [-0.05, 0) is 25.5 Å². The zero-order chi connectivity index (χ0) is 11.5. The van der Waals surface area contributed by atoms with Gasteiger partial charge in [0.2, 0.25) is 0 Å². The number of pyridine rings is 1. The molecule has 82 valence electrons. The van der Waals surface area contributed by atoms with Crippen molar-refractivity contribution >= 4 is 11.7 Å². The third-order valence-corrected chi connectivity index (χ3v) is 2.13. The Morgan fingerprint density at radius 1 is 1.44 bits per heavy atom. The number of carbonyl (C=O) groups is 1. The van der Waals surface area contributed by atoms with Crippen LogP contribution in [0.1, 0.15) is 21.7 Å². The number of anilines is 1. The molecule has 0 spiro atoms. The highest BCUT2D eigenvalue weighted by Crippen LogP contribution is 2.11. The van der Waals surface area contributed by atoms with Crippen LogP contribution in [0.3, 0.4) is 0 Å². The molecular weight excluding hydrogens is 206 g/mol. The van der Waals surface area contributed by atoms with Crippen LogP contribution in [0.25, 0.3) is 0 Å². The molecule has 0 atom stereocenters. The standard InChI is InChI=1S/C11H11N3O2/c1-7-6-12-4-3-9(7)11(15)13-10-5-8(2)16-14-10/h3-6H,1-2H3,(H,13,14,15). The van der Waals surface area contributed by atoms with Gasteiger partial charge in [0.15, 0.2) is 5.82 Å². The van der Waals surface area contributed by atoms with Crippen LogP contribution in [0.5, 0.6) is 0 Å². The molecule has 0 aliphatic heterocycles. The lowest BCUT2D eigenvalue weighted by Crippen LogP contribution is -2.13. The van der Waals surface area contributed by atoms with Gasteiger partial charge >= 0.3 is 0 Å². The molecule has 2 aromatic heterocycles. The van der Waals surface area contributed by atoms with Crippen LogP contribution in [0.4, 0.5) is 5.82 Å². The topological polar surface area (TPSA) is 68.0 Å². The van der Waals surface area contributed by atoms with Crippen LogP contribution in [-0.2, 0) is 0 Å². The van der Waals surface area contributed by atoms with Crippen molar-refractivity contribution in [1.29, 1.82) is 0 Å². The lowest BCUT2D eigenvalue weighted by molar-refractivity contribution is 0.102. The number of rotatable bonds is 2. The maximum atomic E-state index is 11.8. The van der Waals surface area contributed by atoms with E-state index >= 15 is 0 Å². The molecule has 0 bridgehead atoms. The molecule has 16 heavy (non-hydrogen) atoms. The first-order valence-corrected chi connectivity index (χ1v) is 4.82. The van der Waals surface area contributed by atoms with Crippen LogP contribution in [-0.4, -0.2) is 16.0 Å². The molecule has 0 unspecified atom stereocenters. The van der Waals surface area contributed by atoms with Crippen LogP contribution >= 0.6 is 0 Å². The molecule has 0 fully saturated rings. The van der Waals surface area contributed by atoms with E-state index in [2.05, 4.69) is 15.5 Å². The Morgan fingerprint density at radius 3 is 2.88 bits per heavy atom. The fourth-order valence-corrected chi connectivity index (χ4v) is 1.34. The monoisotopic (exact) mass is 217 g/mol. The minimum atomic E-state index is -0.215. The maximum Gasteiger partial charge on any atom is 0.257 e. The molecule has 5 heteroatoms. The predicted octanol–water partition coefficient (Wildman–Crippen LogP) is 1.94. The van der Waals surface area contributed by atoms with Crippen LogP contribution in [0.2, 0.25) is 0 Å². The summed E-state index contributed by atoms with van der Waals surface area (Å²) in [7, 11) is 0. The fourth-order valence-electron chi connectivity index (χ4n) is 1.34. The number of aryl methyl sites for hydroxylation is 2. The number of carbonyl (C=O) groups excluding carboxylic acids is 1. The Balaban J connectivity index is 2.18. The smallest absolute Gasteiger partial charge is 0.257 e. The number of aromatic nitrogens is 2. The molecule has 0 saturated carbocycles. The second kappa shape index (κ2) is 4.14. The third kappa shape index (κ3) is 2.08. The molecule has 5 nitrogen and oxygen atoms in total. The largest absolute Gasteiger partial charge is 0.360 e. The molecule has 2 rings (SSSR count). The van der Waals surface area contributed by atoms with Crippen molar-refractivity contribution in [2.24, 2.45) is 0 Å². The van der Waals surface area contributed by atoms with E-state index < -0.39 is 0 Å². The number of hydrogen-bond donors (Lipinski definition) is 1. The van der Waals surface area contributed by atoms with Gasteiger partial charge in [0.25, 0.3) is 5.91 Å². The number of hydrogen-bond acceptors (Lipinski definition) is 4.